The molecule has 0 unspecified atom stereocenters. The fraction of sp³-hybridized carbons (Fsp3) is 0. The van der Waals surface area contributed by atoms with Crippen molar-refractivity contribution in [1.82, 2.24) is 19.9 Å². The normalized spacial score (nSPS) is 10.2. The van der Waals surface area contributed by atoms with Crippen molar-refractivity contribution in [1.29, 1.82) is 0 Å². The molecule has 4 nitrogen and oxygen atoms in total. The molecule has 3 heterocycles. The van der Waals surface area contributed by atoms with Gasteiger partial charge in [-0.25, -0.2) is 9.97 Å². The van der Waals surface area contributed by atoms with Gasteiger partial charge in [0.1, 0.15) is 0 Å². The first-order valence-corrected chi connectivity index (χ1v) is 5.56. The highest BCUT2D eigenvalue weighted by Gasteiger charge is 2.02. The predicted octanol–water partition coefficient (Wildman–Crippen LogP) is 2.60. The first-order valence-electron chi connectivity index (χ1n) is 5.56. The van der Waals surface area contributed by atoms with Gasteiger partial charge < -0.3 is 0 Å². The molecular formula is C14H10N4. The van der Waals surface area contributed by atoms with E-state index in [0.29, 0.717) is 5.82 Å². The summed E-state index contributed by atoms with van der Waals surface area (Å²) in [5.41, 5.74) is 3.01. The Morgan fingerprint density at radius 1 is 0.556 bits per heavy atom. The monoisotopic (exact) mass is 234 g/mol. The van der Waals surface area contributed by atoms with E-state index < -0.39 is 0 Å². The fourth-order valence-electron chi connectivity index (χ4n) is 1.67. The third-order valence-corrected chi connectivity index (χ3v) is 2.60. The Bertz CT molecular complexity index is 562. The van der Waals surface area contributed by atoms with Crippen molar-refractivity contribution in [2.75, 3.05) is 0 Å². The predicted molar refractivity (Wildman–Crippen MR) is 68.5 cm³/mol. The van der Waals surface area contributed by atoms with Gasteiger partial charge in [0.15, 0.2) is 5.82 Å². The maximum absolute atomic E-state index is 4.37. The van der Waals surface area contributed by atoms with E-state index in [4.69, 9.17) is 0 Å². The summed E-state index contributed by atoms with van der Waals surface area (Å²) >= 11 is 0. The van der Waals surface area contributed by atoms with Gasteiger partial charge in [-0.05, 0) is 29.8 Å². The van der Waals surface area contributed by atoms with Crippen LogP contribution in [0, 0.1) is 0 Å². The van der Waals surface area contributed by atoms with Crippen molar-refractivity contribution < 1.29 is 0 Å². The second-order valence-electron chi connectivity index (χ2n) is 3.77. The molecule has 0 atom stereocenters. The number of pyridine rings is 2. The van der Waals surface area contributed by atoms with E-state index in [-0.39, 0.29) is 0 Å². The Labute approximate surface area is 104 Å². The van der Waals surface area contributed by atoms with E-state index in [0.717, 1.165) is 16.7 Å². The zero-order valence-corrected chi connectivity index (χ0v) is 9.56. The van der Waals surface area contributed by atoms with Gasteiger partial charge in [-0.2, -0.15) is 0 Å². The number of aromatic nitrogens is 4. The molecule has 0 saturated carbocycles. The Morgan fingerprint density at radius 3 is 1.61 bits per heavy atom. The highest BCUT2D eigenvalue weighted by Crippen LogP contribution is 2.18. The summed E-state index contributed by atoms with van der Waals surface area (Å²) in [6.07, 6.45) is 10.6. The van der Waals surface area contributed by atoms with Gasteiger partial charge in [0.2, 0.25) is 0 Å². The van der Waals surface area contributed by atoms with Crippen LogP contribution < -0.4 is 0 Å². The highest BCUT2D eigenvalue weighted by molar-refractivity contribution is 5.62. The number of rotatable bonds is 2. The second kappa shape index (κ2) is 4.71. The first-order chi connectivity index (χ1) is 8.93. The van der Waals surface area contributed by atoms with E-state index in [2.05, 4.69) is 19.9 Å². The summed E-state index contributed by atoms with van der Waals surface area (Å²) in [6.45, 7) is 0. The van der Waals surface area contributed by atoms with Crippen LogP contribution in [-0.2, 0) is 0 Å². The van der Waals surface area contributed by atoms with Gasteiger partial charge in [-0.15, -0.1) is 0 Å². The van der Waals surface area contributed by atoms with Crippen molar-refractivity contribution in [3.8, 4) is 22.5 Å². The molecule has 0 amide bonds. The summed E-state index contributed by atoms with van der Waals surface area (Å²) in [7, 11) is 0. The summed E-state index contributed by atoms with van der Waals surface area (Å²) in [5, 5.41) is 0. The minimum absolute atomic E-state index is 0.704. The molecule has 0 aliphatic heterocycles. The van der Waals surface area contributed by atoms with Crippen LogP contribution in [0.3, 0.4) is 0 Å². The molecule has 18 heavy (non-hydrogen) atoms. The molecule has 0 bridgehead atoms. The van der Waals surface area contributed by atoms with Crippen molar-refractivity contribution in [3.63, 3.8) is 0 Å². The van der Waals surface area contributed by atoms with Gasteiger partial charge in [0.05, 0.1) is 0 Å². The lowest BCUT2D eigenvalue weighted by molar-refractivity contribution is 1.17. The molecule has 4 heteroatoms. The summed E-state index contributed by atoms with van der Waals surface area (Å²) in [6, 6.07) is 7.65. The molecule has 3 aromatic heterocycles. The van der Waals surface area contributed by atoms with Crippen LogP contribution in [0.15, 0.2) is 61.4 Å². The molecule has 0 N–H and O–H groups in total. The minimum Gasteiger partial charge on any atom is -0.265 e. The average Bonchev–Trinajstić information content (AvgIpc) is 2.49. The van der Waals surface area contributed by atoms with E-state index in [1.165, 1.54) is 0 Å². The SMILES string of the molecule is c1cc(-c2cnc(-c3ccncc3)nc2)ccn1. The topological polar surface area (TPSA) is 51.6 Å². The van der Waals surface area contributed by atoms with E-state index in [1.807, 2.05) is 36.7 Å². The zero-order valence-electron chi connectivity index (χ0n) is 9.56. The highest BCUT2D eigenvalue weighted by atomic mass is 14.9. The van der Waals surface area contributed by atoms with Crippen molar-refractivity contribution in [3.05, 3.63) is 61.4 Å². The van der Waals surface area contributed by atoms with Crippen molar-refractivity contribution in [2.24, 2.45) is 0 Å². The van der Waals surface area contributed by atoms with Crippen molar-refractivity contribution in [2.45, 2.75) is 0 Å². The molecule has 0 radical (unpaired) electrons. The van der Waals surface area contributed by atoms with Crippen LogP contribution in [0.5, 0.6) is 0 Å². The van der Waals surface area contributed by atoms with Gasteiger partial charge >= 0.3 is 0 Å². The molecule has 0 aliphatic rings. The third kappa shape index (κ3) is 2.08. The van der Waals surface area contributed by atoms with Gasteiger partial charge in [-0.1, -0.05) is 0 Å². The molecule has 0 saturated heterocycles. The van der Waals surface area contributed by atoms with Crippen LogP contribution in [0.1, 0.15) is 0 Å². The molecule has 86 valence electrons. The van der Waals surface area contributed by atoms with E-state index in [9.17, 15) is 0 Å². The lowest BCUT2D eigenvalue weighted by Gasteiger charge is -2.02. The third-order valence-electron chi connectivity index (χ3n) is 2.60. The van der Waals surface area contributed by atoms with E-state index in [1.54, 1.807) is 24.8 Å². The van der Waals surface area contributed by atoms with E-state index >= 15 is 0 Å². The smallest absolute Gasteiger partial charge is 0.159 e. The molecule has 3 rings (SSSR count). The molecule has 0 aliphatic carbocycles. The average molecular weight is 234 g/mol. The van der Waals surface area contributed by atoms with Gasteiger partial charge in [0, 0.05) is 48.3 Å². The van der Waals surface area contributed by atoms with Crippen LogP contribution in [0.4, 0.5) is 0 Å². The standard InChI is InChI=1S/C14H10N4/c1-5-15-6-2-11(1)13-9-17-14(18-10-13)12-3-7-16-8-4-12/h1-10H. The minimum atomic E-state index is 0.704. The number of hydrogen-bond acceptors (Lipinski definition) is 4. The molecular weight excluding hydrogens is 224 g/mol. The Balaban J connectivity index is 1.95. The Kier molecular flexibility index (Phi) is 2.75. The van der Waals surface area contributed by atoms with Crippen molar-refractivity contribution >= 4 is 0 Å². The quantitative estimate of drug-likeness (QED) is 0.684. The number of hydrogen-bond donors (Lipinski definition) is 0. The second-order valence-corrected chi connectivity index (χ2v) is 3.77. The van der Waals surface area contributed by atoms with Crippen LogP contribution in [0.25, 0.3) is 22.5 Å². The lowest BCUT2D eigenvalue weighted by atomic mass is 10.1. The van der Waals surface area contributed by atoms with Crippen LogP contribution >= 0.6 is 0 Å². The number of nitrogens with zero attached hydrogens (tertiary/aromatic N) is 4. The Morgan fingerprint density at radius 2 is 1.06 bits per heavy atom. The summed E-state index contributed by atoms with van der Waals surface area (Å²) in [5.74, 6) is 0.704. The molecule has 0 spiro atoms. The molecule has 3 aromatic rings. The zero-order chi connectivity index (χ0) is 12.2. The van der Waals surface area contributed by atoms with Gasteiger partial charge in [0.25, 0.3) is 0 Å². The summed E-state index contributed by atoms with van der Waals surface area (Å²) < 4.78 is 0. The molecule has 0 fully saturated rings. The molecule has 0 aromatic carbocycles. The fourth-order valence-corrected chi connectivity index (χ4v) is 1.67. The van der Waals surface area contributed by atoms with Crippen LogP contribution in [0.2, 0.25) is 0 Å². The van der Waals surface area contributed by atoms with Gasteiger partial charge in [-0.3, -0.25) is 9.97 Å². The maximum Gasteiger partial charge on any atom is 0.159 e. The Hall–Kier alpha value is -2.62. The lowest BCUT2D eigenvalue weighted by Crippen LogP contribution is -1.89. The largest absolute Gasteiger partial charge is 0.265 e. The maximum atomic E-state index is 4.37. The first kappa shape index (κ1) is 10.5. The summed E-state index contributed by atoms with van der Waals surface area (Å²) in [4.78, 5) is 16.7. The van der Waals surface area contributed by atoms with Crippen LogP contribution in [-0.4, -0.2) is 19.9 Å².